The molecule has 0 N–H and O–H groups in total. The van der Waals surface area contributed by atoms with Gasteiger partial charge in [-0.25, -0.2) is 0 Å². The van der Waals surface area contributed by atoms with E-state index in [0.29, 0.717) is 0 Å². The Balaban J connectivity index is 1.66. The molecule has 2 nitrogen and oxygen atoms in total. The molecule has 2 rings (SSSR count). The van der Waals surface area contributed by atoms with Crippen LogP contribution in [0.1, 0.15) is 30.9 Å². The van der Waals surface area contributed by atoms with Crippen molar-refractivity contribution in [3.05, 3.63) is 66.1 Å². The maximum Gasteiger partial charge on any atom is 0.119 e. The van der Waals surface area contributed by atoms with Crippen LogP contribution < -0.4 is 9.47 Å². The molecule has 0 aliphatic heterocycles. The highest BCUT2D eigenvalue weighted by Gasteiger charge is 1.98. The molecule has 2 aromatic carbocycles. The molecule has 2 aromatic rings. The minimum Gasteiger partial charge on any atom is -0.497 e. The number of aryl methyl sites for hydroxylation is 1. The molecule has 0 aliphatic carbocycles. The maximum absolute atomic E-state index is 5.46. The predicted molar refractivity (Wildman–Crippen MR) is 91.5 cm³/mol. The number of methoxy groups -OCH3 is 1. The third-order valence-electron chi connectivity index (χ3n) is 3.62. The lowest BCUT2D eigenvalue weighted by atomic mass is 10.0. The van der Waals surface area contributed by atoms with Crippen molar-refractivity contribution in [3.63, 3.8) is 0 Å². The van der Waals surface area contributed by atoms with Gasteiger partial charge in [0.1, 0.15) is 11.5 Å². The quantitative estimate of drug-likeness (QED) is 0.615. The summed E-state index contributed by atoms with van der Waals surface area (Å²) in [6, 6.07) is 16.7. The lowest BCUT2D eigenvalue weighted by Gasteiger charge is -2.06. The van der Waals surface area contributed by atoms with Gasteiger partial charge in [-0.2, -0.15) is 0 Å². The SMILES string of the molecule is CCOc1ccc(CCC[CH]Cc2cccc(OC)c2)cc1. The van der Waals surface area contributed by atoms with Crippen molar-refractivity contribution in [2.24, 2.45) is 0 Å². The summed E-state index contributed by atoms with van der Waals surface area (Å²) in [6.07, 6.45) is 6.77. The van der Waals surface area contributed by atoms with Gasteiger partial charge in [0.25, 0.3) is 0 Å². The normalized spacial score (nSPS) is 10.5. The van der Waals surface area contributed by atoms with Gasteiger partial charge in [0, 0.05) is 0 Å². The van der Waals surface area contributed by atoms with Crippen molar-refractivity contribution in [3.8, 4) is 11.5 Å². The van der Waals surface area contributed by atoms with E-state index in [9.17, 15) is 0 Å². The van der Waals surface area contributed by atoms with Gasteiger partial charge in [-0.15, -0.1) is 0 Å². The molecule has 0 amide bonds. The molecule has 0 atom stereocenters. The number of hydrogen-bond donors (Lipinski definition) is 0. The van der Waals surface area contributed by atoms with Crippen molar-refractivity contribution < 1.29 is 9.47 Å². The highest BCUT2D eigenvalue weighted by molar-refractivity contribution is 5.29. The molecule has 0 saturated heterocycles. The molecule has 1 radical (unpaired) electrons. The molecule has 0 saturated carbocycles. The monoisotopic (exact) mass is 297 g/mol. The van der Waals surface area contributed by atoms with Crippen LogP contribution in [0.25, 0.3) is 0 Å². The molecular formula is C20H25O2. The Hall–Kier alpha value is -1.96. The molecule has 0 fully saturated rings. The Bertz CT molecular complexity index is 546. The van der Waals surface area contributed by atoms with Crippen LogP contribution in [0.2, 0.25) is 0 Å². The first-order valence-electron chi connectivity index (χ1n) is 7.98. The molecule has 0 spiro atoms. The molecule has 0 unspecified atom stereocenters. The first kappa shape index (κ1) is 16.4. The van der Waals surface area contributed by atoms with Crippen LogP contribution in [0.4, 0.5) is 0 Å². The summed E-state index contributed by atoms with van der Waals surface area (Å²) in [7, 11) is 1.71. The van der Waals surface area contributed by atoms with Crippen LogP contribution in [0.15, 0.2) is 48.5 Å². The summed E-state index contributed by atoms with van der Waals surface area (Å²) in [4.78, 5) is 0. The van der Waals surface area contributed by atoms with Crippen molar-refractivity contribution in [1.29, 1.82) is 0 Å². The third kappa shape index (κ3) is 5.44. The molecule has 2 heteroatoms. The van der Waals surface area contributed by atoms with Gasteiger partial charge in [0.2, 0.25) is 0 Å². The van der Waals surface area contributed by atoms with E-state index in [-0.39, 0.29) is 0 Å². The maximum atomic E-state index is 5.46. The Morgan fingerprint density at radius 3 is 2.50 bits per heavy atom. The molecule has 0 aromatic heterocycles. The minimum absolute atomic E-state index is 0.721. The second kappa shape index (κ2) is 9.14. The number of rotatable bonds is 9. The fourth-order valence-electron chi connectivity index (χ4n) is 2.44. The fraction of sp³-hybridized carbons (Fsp3) is 0.350. The van der Waals surface area contributed by atoms with E-state index >= 15 is 0 Å². The lowest BCUT2D eigenvalue weighted by molar-refractivity contribution is 0.340. The summed E-state index contributed by atoms with van der Waals surface area (Å²) in [5.41, 5.74) is 2.68. The van der Waals surface area contributed by atoms with Crippen molar-refractivity contribution in [2.45, 2.75) is 32.6 Å². The average Bonchev–Trinajstić information content (AvgIpc) is 2.56. The van der Waals surface area contributed by atoms with Gasteiger partial charge < -0.3 is 9.47 Å². The summed E-state index contributed by atoms with van der Waals surface area (Å²) >= 11 is 0. The Labute approximate surface area is 134 Å². The smallest absolute Gasteiger partial charge is 0.119 e. The molecular weight excluding hydrogens is 272 g/mol. The summed E-state index contributed by atoms with van der Waals surface area (Å²) < 4.78 is 10.7. The second-order valence-corrected chi connectivity index (χ2v) is 5.31. The van der Waals surface area contributed by atoms with Gasteiger partial charge >= 0.3 is 0 Å². The first-order valence-corrected chi connectivity index (χ1v) is 7.98. The van der Waals surface area contributed by atoms with Crippen molar-refractivity contribution >= 4 is 0 Å². The number of hydrogen-bond acceptors (Lipinski definition) is 2. The molecule has 117 valence electrons. The number of benzene rings is 2. The van der Waals surface area contributed by atoms with Gasteiger partial charge in [-0.1, -0.05) is 24.3 Å². The van der Waals surface area contributed by atoms with Crippen LogP contribution in [0.5, 0.6) is 11.5 Å². The molecule has 0 bridgehead atoms. The van der Waals surface area contributed by atoms with E-state index in [4.69, 9.17) is 9.47 Å². The van der Waals surface area contributed by atoms with E-state index in [1.807, 2.05) is 19.1 Å². The van der Waals surface area contributed by atoms with Crippen LogP contribution in [0.3, 0.4) is 0 Å². The van der Waals surface area contributed by atoms with Crippen molar-refractivity contribution in [1.82, 2.24) is 0 Å². The van der Waals surface area contributed by atoms with Crippen LogP contribution in [-0.2, 0) is 12.8 Å². The molecule has 0 aliphatic rings. The highest BCUT2D eigenvalue weighted by atomic mass is 16.5. The van der Waals surface area contributed by atoms with E-state index in [2.05, 4.69) is 42.8 Å². The van der Waals surface area contributed by atoms with E-state index < -0.39 is 0 Å². The number of ether oxygens (including phenoxy) is 2. The minimum atomic E-state index is 0.721. The van der Waals surface area contributed by atoms with Crippen LogP contribution >= 0.6 is 0 Å². The fourth-order valence-corrected chi connectivity index (χ4v) is 2.44. The Morgan fingerprint density at radius 2 is 1.77 bits per heavy atom. The van der Waals surface area contributed by atoms with Gasteiger partial charge in [-0.05, 0) is 74.4 Å². The summed E-state index contributed by atoms with van der Waals surface area (Å²) in [6.45, 7) is 2.73. The predicted octanol–water partition coefficient (Wildman–Crippen LogP) is 4.86. The summed E-state index contributed by atoms with van der Waals surface area (Å²) in [5.74, 6) is 1.89. The van der Waals surface area contributed by atoms with Gasteiger partial charge in [0.05, 0.1) is 13.7 Å². The zero-order valence-corrected chi connectivity index (χ0v) is 13.5. The van der Waals surface area contributed by atoms with E-state index in [1.165, 1.54) is 17.5 Å². The average molecular weight is 297 g/mol. The lowest BCUT2D eigenvalue weighted by Crippen LogP contribution is -1.93. The zero-order chi connectivity index (χ0) is 15.6. The summed E-state index contributed by atoms with van der Waals surface area (Å²) in [5, 5.41) is 0. The topological polar surface area (TPSA) is 18.5 Å². The van der Waals surface area contributed by atoms with E-state index in [0.717, 1.165) is 37.4 Å². The Kier molecular flexibility index (Phi) is 6.82. The first-order chi connectivity index (χ1) is 10.8. The van der Waals surface area contributed by atoms with Gasteiger partial charge in [0.15, 0.2) is 0 Å². The van der Waals surface area contributed by atoms with Crippen molar-refractivity contribution in [2.75, 3.05) is 13.7 Å². The van der Waals surface area contributed by atoms with Gasteiger partial charge in [-0.3, -0.25) is 0 Å². The second-order valence-electron chi connectivity index (χ2n) is 5.31. The zero-order valence-electron chi connectivity index (χ0n) is 13.5. The largest absolute Gasteiger partial charge is 0.497 e. The van der Waals surface area contributed by atoms with Crippen LogP contribution in [0, 0.1) is 6.42 Å². The molecule has 22 heavy (non-hydrogen) atoms. The standard InChI is InChI=1S/C20H25O2/c1-3-22-19-14-12-17(13-15-19)8-5-4-6-9-18-10-7-11-20(16-18)21-2/h6-7,10-16H,3-5,8-9H2,1-2H3. The molecule has 0 heterocycles. The number of unbranched alkanes of at least 4 members (excludes halogenated alkanes) is 2. The Morgan fingerprint density at radius 1 is 0.955 bits per heavy atom. The van der Waals surface area contributed by atoms with Crippen LogP contribution in [-0.4, -0.2) is 13.7 Å². The highest BCUT2D eigenvalue weighted by Crippen LogP contribution is 2.16. The van der Waals surface area contributed by atoms with E-state index in [1.54, 1.807) is 7.11 Å². The third-order valence-corrected chi connectivity index (χ3v) is 3.62.